The zero-order valence-electron chi connectivity index (χ0n) is 14.0. The first-order chi connectivity index (χ1) is 10.8. The van der Waals surface area contributed by atoms with Crippen LogP contribution in [0.15, 0.2) is 17.1 Å². The van der Waals surface area contributed by atoms with Gasteiger partial charge in [0.1, 0.15) is 17.2 Å². The van der Waals surface area contributed by atoms with Gasteiger partial charge in [-0.15, -0.1) is 17.0 Å². The zero-order valence-corrected chi connectivity index (χ0v) is 15.7. The van der Waals surface area contributed by atoms with Gasteiger partial charge in [0.2, 0.25) is 0 Å². The number of rotatable bonds is 6. The van der Waals surface area contributed by atoms with Crippen molar-refractivity contribution in [1.82, 2.24) is 10.6 Å². The molecule has 23 heavy (non-hydrogen) atoms. The fourth-order valence-electron chi connectivity index (χ4n) is 2.44. The number of hydrogen-bond donors (Lipinski definition) is 2. The van der Waals surface area contributed by atoms with Gasteiger partial charge in [0, 0.05) is 37.3 Å². The summed E-state index contributed by atoms with van der Waals surface area (Å²) in [5.41, 5.74) is 1.02. The van der Waals surface area contributed by atoms with E-state index in [1.165, 1.54) is 0 Å². The molecule has 1 aromatic rings. The highest BCUT2D eigenvalue weighted by Crippen LogP contribution is 2.34. The first kappa shape index (κ1) is 19.4. The number of aliphatic imine (C=N–C) groups is 1. The van der Waals surface area contributed by atoms with E-state index in [-0.39, 0.29) is 17.0 Å². The number of ether oxygens (including phenoxy) is 3. The first-order valence-electron chi connectivity index (χ1n) is 7.59. The molecule has 0 fully saturated rings. The van der Waals surface area contributed by atoms with Crippen molar-refractivity contribution in [2.24, 2.45) is 4.99 Å². The maximum absolute atomic E-state index is 5.46. The minimum absolute atomic E-state index is 0. The lowest BCUT2D eigenvalue weighted by atomic mass is 10.1. The number of halogens is 1. The molecule has 0 bridgehead atoms. The van der Waals surface area contributed by atoms with Gasteiger partial charge in [0.25, 0.3) is 0 Å². The predicted molar refractivity (Wildman–Crippen MR) is 97.7 cm³/mol. The molecule has 1 aliphatic heterocycles. The van der Waals surface area contributed by atoms with Gasteiger partial charge in [-0.3, -0.25) is 4.99 Å². The van der Waals surface area contributed by atoms with Gasteiger partial charge in [-0.2, -0.15) is 0 Å². The van der Waals surface area contributed by atoms with Crippen LogP contribution in [0, 0.1) is 0 Å². The maximum atomic E-state index is 5.46. The van der Waals surface area contributed by atoms with Gasteiger partial charge in [-0.05, 0) is 19.3 Å². The van der Waals surface area contributed by atoms with E-state index in [0.29, 0.717) is 0 Å². The highest BCUT2D eigenvalue weighted by atomic mass is 79.9. The molecule has 6 nitrogen and oxygen atoms in total. The molecule has 0 atom stereocenters. The molecule has 0 saturated heterocycles. The van der Waals surface area contributed by atoms with Gasteiger partial charge in [-0.25, -0.2) is 0 Å². The molecule has 1 heterocycles. The summed E-state index contributed by atoms with van der Waals surface area (Å²) in [6.07, 6.45) is 3.07. The zero-order chi connectivity index (χ0) is 15.8. The number of hydrogen-bond acceptors (Lipinski definition) is 6. The number of guanidine groups is 1. The van der Waals surface area contributed by atoms with Crippen LogP contribution >= 0.6 is 17.0 Å². The predicted octanol–water partition coefficient (Wildman–Crippen LogP) is 2.16. The Bertz CT molecular complexity index is 498. The van der Waals surface area contributed by atoms with Gasteiger partial charge < -0.3 is 24.8 Å². The Balaban J connectivity index is 0.00000264. The van der Waals surface area contributed by atoms with Gasteiger partial charge in [-0.1, -0.05) is 0 Å². The third-order valence-electron chi connectivity index (χ3n) is 3.63. The summed E-state index contributed by atoms with van der Waals surface area (Å²) < 4.78 is 16.2. The molecule has 0 unspecified atom stereocenters. The van der Waals surface area contributed by atoms with E-state index in [0.717, 1.165) is 67.7 Å². The van der Waals surface area contributed by atoms with Crippen molar-refractivity contribution in [1.29, 1.82) is 0 Å². The number of benzene rings is 1. The average molecular weight is 388 g/mol. The van der Waals surface area contributed by atoms with Crippen LogP contribution in [-0.4, -0.2) is 46.9 Å². The van der Waals surface area contributed by atoms with Crippen LogP contribution in [0.2, 0.25) is 0 Å². The SMILES string of the molecule is Br.COc1cc(OC)c(CCNC2=NCCCCN2)c(OC)c1. The Morgan fingerprint density at radius 1 is 1.09 bits per heavy atom. The fourth-order valence-corrected chi connectivity index (χ4v) is 2.44. The van der Waals surface area contributed by atoms with Crippen LogP contribution in [0.25, 0.3) is 0 Å². The van der Waals surface area contributed by atoms with Crippen molar-refractivity contribution >= 4 is 22.9 Å². The molecule has 1 aliphatic rings. The summed E-state index contributed by atoms with van der Waals surface area (Å²) in [6.45, 7) is 2.61. The van der Waals surface area contributed by atoms with E-state index in [1.54, 1.807) is 21.3 Å². The van der Waals surface area contributed by atoms with Crippen LogP contribution in [0.3, 0.4) is 0 Å². The van der Waals surface area contributed by atoms with E-state index >= 15 is 0 Å². The van der Waals surface area contributed by atoms with Crippen LogP contribution in [0.1, 0.15) is 18.4 Å². The number of methoxy groups -OCH3 is 3. The molecule has 2 N–H and O–H groups in total. The van der Waals surface area contributed by atoms with E-state index in [4.69, 9.17) is 14.2 Å². The lowest BCUT2D eigenvalue weighted by Gasteiger charge is -2.16. The second-order valence-electron chi connectivity index (χ2n) is 5.05. The topological polar surface area (TPSA) is 64.1 Å². The summed E-state index contributed by atoms with van der Waals surface area (Å²) >= 11 is 0. The lowest BCUT2D eigenvalue weighted by Crippen LogP contribution is -2.38. The second-order valence-corrected chi connectivity index (χ2v) is 5.05. The smallest absolute Gasteiger partial charge is 0.191 e. The highest BCUT2D eigenvalue weighted by molar-refractivity contribution is 8.93. The minimum atomic E-state index is 0. The third-order valence-corrected chi connectivity index (χ3v) is 3.63. The molecule has 0 aliphatic carbocycles. The van der Waals surface area contributed by atoms with Crippen LogP contribution in [-0.2, 0) is 6.42 Å². The summed E-state index contributed by atoms with van der Waals surface area (Å²) in [7, 11) is 4.94. The van der Waals surface area contributed by atoms with Crippen LogP contribution < -0.4 is 24.8 Å². The van der Waals surface area contributed by atoms with Crippen molar-refractivity contribution in [3.63, 3.8) is 0 Å². The van der Waals surface area contributed by atoms with Gasteiger partial charge in [0.05, 0.1) is 21.3 Å². The fraction of sp³-hybridized carbons (Fsp3) is 0.562. The van der Waals surface area contributed by atoms with Gasteiger partial charge in [0.15, 0.2) is 5.96 Å². The Labute approximate surface area is 148 Å². The quantitative estimate of drug-likeness (QED) is 0.782. The summed E-state index contributed by atoms with van der Waals surface area (Å²) in [5.74, 6) is 3.15. The molecular weight excluding hydrogens is 362 g/mol. The summed E-state index contributed by atoms with van der Waals surface area (Å²) in [5, 5.41) is 6.64. The van der Waals surface area contributed by atoms with Crippen molar-refractivity contribution in [2.45, 2.75) is 19.3 Å². The third kappa shape index (κ3) is 5.49. The molecule has 0 amide bonds. The highest BCUT2D eigenvalue weighted by Gasteiger charge is 2.13. The van der Waals surface area contributed by atoms with E-state index in [1.807, 2.05) is 12.1 Å². The van der Waals surface area contributed by atoms with Crippen molar-refractivity contribution in [2.75, 3.05) is 41.0 Å². The number of nitrogens with one attached hydrogen (secondary N) is 2. The molecule has 0 spiro atoms. The minimum Gasteiger partial charge on any atom is -0.496 e. The largest absolute Gasteiger partial charge is 0.496 e. The molecular formula is C16H26BrN3O3. The molecule has 7 heteroatoms. The van der Waals surface area contributed by atoms with E-state index in [9.17, 15) is 0 Å². The monoisotopic (exact) mass is 387 g/mol. The second kappa shape index (κ2) is 10.2. The lowest BCUT2D eigenvalue weighted by molar-refractivity contribution is 0.368. The molecule has 0 saturated carbocycles. The molecule has 0 aromatic heterocycles. The van der Waals surface area contributed by atoms with E-state index in [2.05, 4.69) is 15.6 Å². The van der Waals surface area contributed by atoms with Crippen molar-refractivity contribution in [3.05, 3.63) is 17.7 Å². The van der Waals surface area contributed by atoms with Crippen LogP contribution in [0.5, 0.6) is 17.2 Å². The van der Waals surface area contributed by atoms with E-state index < -0.39 is 0 Å². The maximum Gasteiger partial charge on any atom is 0.191 e. The first-order valence-corrected chi connectivity index (χ1v) is 7.59. The van der Waals surface area contributed by atoms with Crippen LogP contribution in [0.4, 0.5) is 0 Å². The Morgan fingerprint density at radius 3 is 2.39 bits per heavy atom. The average Bonchev–Trinajstić information content (AvgIpc) is 2.83. The summed E-state index contributed by atoms with van der Waals surface area (Å²) in [4.78, 5) is 4.48. The molecule has 1 aromatic carbocycles. The summed E-state index contributed by atoms with van der Waals surface area (Å²) in [6, 6.07) is 3.75. The number of nitrogens with zero attached hydrogens (tertiary/aromatic N) is 1. The molecule has 0 radical (unpaired) electrons. The Kier molecular flexibility index (Phi) is 8.61. The van der Waals surface area contributed by atoms with Gasteiger partial charge >= 0.3 is 0 Å². The Morgan fingerprint density at radius 2 is 1.78 bits per heavy atom. The molecule has 2 rings (SSSR count). The molecule has 130 valence electrons. The van der Waals surface area contributed by atoms with Crippen molar-refractivity contribution < 1.29 is 14.2 Å². The standard InChI is InChI=1S/C16H25N3O3.BrH/c1-20-12-10-14(21-2)13(15(11-12)22-3)6-9-19-16-17-7-4-5-8-18-16;/h10-11H,4-9H2,1-3H3,(H2,17,18,19);1H. The van der Waals surface area contributed by atoms with Crippen molar-refractivity contribution in [3.8, 4) is 17.2 Å². The normalized spacial score (nSPS) is 13.8. The Hall–Kier alpha value is -1.63.